The maximum absolute atomic E-state index is 13.8. The van der Waals surface area contributed by atoms with E-state index in [1.807, 2.05) is 12.1 Å². The van der Waals surface area contributed by atoms with E-state index in [1.54, 1.807) is 18.2 Å². The van der Waals surface area contributed by atoms with Crippen LogP contribution in [0, 0.1) is 5.82 Å². The number of carbonyl (C=O) groups excluding carboxylic acids is 1. The van der Waals surface area contributed by atoms with Crippen LogP contribution in [-0.2, 0) is 17.7 Å². The Bertz CT molecular complexity index is 784. The van der Waals surface area contributed by atoms with Crippen molar-refractivity contribution in [1.29, 1.82) is 0 Å². The second kappa shape index (κ2) is 7.74. The van der Waals surface area contributed by atoms with Crippen molar-refractivity contribution in [3.8, 4) is 11.5 Å². The van der Waals surface area contributed by atoms with Gasteiger partial charge in [-0.1, -0.05) is 34.1 Å². The average molecular weight is 410 g/mol. The molecular formula is C18H17BrFNO4. The molecule has 1 heterocycles. The van der Waals surface area contributed by atoms with Gasteiger partial charge in [-0.05, 0) is 35.7 Å². The normalized spacial score (nSPS) is 12.1. The van der Waals surface area contributed by atoms with Gasteiger partial charge in [-0.25, -0.2) is 9.18 Å². The molecule has 1 amide bonds. The quantitative estimate of drug-likeness (QED) is 0.744. The maximum atomic E-state index is 13.8. The van der Waals surface area contributed by atoms with Gasteiger partial charge in [0, 0.05) is 11.0 Å². The van der Waals surface area contributed by atoms with Crippen molar-refractivity contribution >= 4 is 22.0 Å². The number of nitrogens with zero attached hydrogens (tertiary/aromatic N) is 1. The van der Waals surface area contributed by atoms with E-state index in [1.165, 1.54) is 18.1 Å². The number of halogens is 2. The highest BCUT2D eigenvalue weighted by atomic mass is 79.9. The Hall–Kier alpha value is -2.28. The fourth-order valence-corrected chi connectivity index (χ4v) is 3.05. The molecule has 2 aromatic rings. The standard InChI is InChI=1S/C18H17BrFNO4/c1-23-18(22)21(7-6-12-4-2-3-5-15(12)20)10-13-8-16-17(9-14(13)19)25-11-24-16/h2-5,8-9H,6-7,10-11H2,1H3. The number of methoxy groups -OCH3 is 1. The van der Waals surface area contributed by atoms with E-state index in [0.717, 1.165) is 10.0 Å². The highest BCUT2D eigenvalue weighted by Gasteiger charge is 2.20. The van der Waals surface area contributed by atoms with Crippen LogP contribution in [0.4, 0.5) is 9.18 Å². The van der Waals surface area contributed by atoms with Crippen LogP contribution in [0.1, 0.15) is 11.1 Å². The van der Waals surface area contributed by atoms with Gasteiger partial charge in [0.05, 0.1) is 13.7 Å². The Morgan fingerprint density at radius 3 is 2.68 bits per heavy atom. The molecule has 0 spiro atoms. The molecule has 0 aliphatic carbocycles. The number of hydrogen-bond donors (Lipinski definition) is 0. The molecule has 2 aromatic carbocycles. The topological polar surface area (TPSA) is 48.0 Å². The van der Waals surface area contributed by atoms with E-state index < -0.39 is 6.09 Å². The van der Waals surface area contributed by atoms with E-state index in [-0.39, 0.29) is 12.6 Å². The fraction of sp³-hybridized carbons (Fsp3) is 0.278. The molecule has 0 saturated carbocycles. The number of rotatable bonds is 5. The summed E-state index contributed by atoms with van der Waals surface area (Å²) in [5, 5.41) is 0. The van der Waals surface area contributed by atoms with Gasteiger partial charge in [0.1, 0.15) is 5.82 Å². The number of amides is 1. The molecule has 0 fully saturated rings. The molecular weight excluding hydrogens is 393 g/mol. The van der Waals surface area contributed by atoms with Crippen LogP contribution in [0.2, 0.25) is 0 Å². The average Bonchev–Trinajstić information content (AvgIpc) is 3.06. The summed E-state index contributed by atoms with van der Waals surface area (Å²) < 4.78 is 30.2. The molecule has 5 nitrogen and oxygen atoms in total. The lowest BCUT2D eigenvalue weighted by molar-refractivity contribution is 0.121. The minimum absolute atomic E-state index is 0.180. The molecule has 0 atom stereocenters. The first-order chi connectivity index (χ1) is 12.1. The lowest BCUT2D eigenvalue weighted by Gasteiger charge is -2.22. The molecule has 0 aromatic heterocycles. The third-order valence-corrected chi connectivity index (χ3v) is 4.68. The van der Waals surface area contributed by atoms with E-state index in [2.05, 4.69) is 15.9 Å². The van der Waals surface area contributed by atoms with Gasteiger partial charge < -0.3 is 19.1 Å². The summed E-state index contributed by atoms with van der Waals surface area (Å²) in [4.78, 5) is 13.6. The number of hydrogen-bond acceptors (Lipinski definition) is 4. The molecule has 0 N–H and O–H groups in total. The molecule has 0 unspecified atom stereocenters. The predicted molar refractivity (Wildman–Crippen MR) is 93.2 cm³/mol. The summed E-state index contributed by atoms with van der Waals surface area (Å²) >= 11 is 3.48. The van der Waals surface area contributed by atoms with Crippen molar-refractivity contribution in [1.82, 2.24) is 4.90 Å². The number of ether oxygens (including phenoxy) is 3. The largest absolute Gasteiger partial charge is 0.454 e. The first-order valence-corrected chi connectivity index (χ1v) is 8.52. The Morgan fingerprint density at radius 2 is 1.96 bits per heavy atom. The second-order valence-electron chi connectivity index (χ2n) is 5.53. The highest BCUT2D eigenvalue weighted by molar-refractivity contribution is 9.10. The van der Waals surface area contributed by atoms with E-state index in [4.69, 9.17) is 14.2 Å². The summed E-state index contributed by atoms with van der Waals surface area (Å²) in [5.41, 5.74) is 1.41. The molecule has 25 heavy (non-hydrogen) atoms. The minimum Gasteiger partial charge on any atom is -0.454 e. The van der Waals surface area contributed by atoms with Crippen LogP contribution < -0.4 is 9.47 Å². The molecule has 0 bridgehead atoms. The predicted octanol–water partition coefficient (Wildman–Crippen LogP) is 4.13. The van der Waals surface area contributed by atoms with Crippen molar-refractivity contribution < 1.29 is 23.4 Å². The van der Waals surface area contributed by atoms with Gasteiger partial charge in [-0.3, -0.25) is 0 Å². The van der Waals surface area contributed by atoms with Crippen LogP contribution >= 0.6 is 15.9 Å². The summed E-state index contributed by atoms with van der Waals surface area (Å²) in [6, 6.07) is 10.2. The molecule has 1 aliphatic heterocycles. The van der Waals surface area contributed by atoms with Crippen molar-refractivity contribution in [2.75, 3.05) is 20.4 Å². The summed E-state index contributed by atoms with van der Waals surface area (Å²) in [5.74, 6) is 1.01. The van der Waals surface area contributed by atoms with Gasteiger partial charge in [-0.2, -0.15) is 0 Å². The monoisotopic (exact) mass is 409 g/mol. The van der Waals surface area contributed by atoms with Crippen molar-refractivity contribution in [2.24, 2.45) is 0 Å². The molecule has 3 rings (SSSR count). The highest BCUT2D eigenvalue weighted by Crippen LogP contribution is 2.37. The lowest BCUT2D eigenvalue weighted by Crippen LogP contribution is -2.32. The van der Waals surface area contributed by atoms with Crippen LogP contribution in [-0.4, -0.2) is 31.4 Å². The van der Waals surface area contributed by atoms with Crippen molar-refractivity contribution in [3.05, 3.63) is 57.8 Å². The Morgan fingerprint density at radius 1 is 1.24 bits per heavy atom. The number of carbonyl (C=O) groups is 1. The van der Waals surface area contributed by atoms with Crippen molar-refractivity contribution in [2.45, 2.75) is 13.0 Å². The lowest BCUT2D eigenvalue weighted by atomic mass is 10.1. The van der Waals surface area contributed by atoms with Gasteiger partial charge in [-0.15, -0.1) is 0 Å². The first kappa shape index (κ1) is 17.5. The maximum Gasteiger partial charge on any atom is 0.409 e. The Labute approximate surface area is 153 Å². The molecule has 0 radical (unpaired) electrons. The van der Waals surface area contributed by atoms with Crippen molar-refractivity contribution in [3.63, 3.8) is 0 Å². The smallest absolute Gasteiger partial charge is 0.409 e. The van der Waals surface area contributed by atoms with Gasteiger partial charge in [0.25, 0.3) is 0 Å². The summed E-state index contributed by atoms with van der Waals surface area (Å²) in [7, 11) is 1.33. The van der Waals surface area contributed by atoms with Gasteiger partial charge in [0.15, 0.2) is 11.5 Å². The fourth-order valence-electron chi connectivity index (χ4n) is 2.61. The third kappa shape index (κ3) is 4.04. The Balaban J connectivity index is 1.75. The van der Waals surface area contributed by atoms with Crippen LogP contribution in [0.3, 0.4) is 0 Å². The zero-order valence-corrected chi connectivity index (χ0v) is 15.2. The third-order valence-electron chi connectivity index (χ3n) is 3.94. The molecule has 7 heteroatoms. The zero-order chi connectivity index (χ0) is 17.8. The van der Waals surface area contributed by atoms with Crippen LogP contribution in [0.15, 0.2) is 40.9 Å². The number of benzene rings is 2. The molecule has 132 valence electrons. The molecule has 1 aliphatic rings. The first-order valence-electron chi connectivity index (χ1n) is 7.73. The van der Waals surface area contributed by atoms with Gasteiger partial charge >= 0.3 is 6.09 Å². The van der Waals surface area contributed by atoms with E-state index in [0.29, 0.717) is 36.6 Å². The second-order valence-corrected chi connectivity index (χ2v) is 6.38. The zero-order valence-electron chi connectivity index (χ0n) is 13.6. The molecule has 0 saturated heterocycles. The minimum atomic E-state index is -0.471. The number of fused-ring (bicyclic) bond motifs is 1. The van der Waals surface area contributed by atoms with Crippen LogP contribution in [0.25, 0.3) is 0 Å². The summed E-state index contributed by atoms with van der Waals surface area (Å²) in [6.45, 7) is 0.812. The van der Waals surface area contributed by atoms with Gasteiger partial charge in [0.2, 0.25) is 6.79 Å². The SMILES string of the molecule is COC(=O)N(CCc1ccccc1F)Cc1cc2c(cc1Br)OCO2. The summed E-state index contributed by atoms with van der Waals surface area (Å²) in [6.07, 6.45) is -0.0786. The van der Waals surface area contributed by atoms with E-state index >= 15 is 0 Å². The van der Waals surface area contributed by atoms with Crippen LogP contribution in [0.5, 0.6) is 11.5 Å². The van der Waals surface area contributed by atoms with E-state index in [9.17, 15) is 9.18 Å². The Kier molecular flexibility index (Phi) is 5.43.